The van der Waals surface area contributed by atoms with Gasteiger partial charge in [0.15, 0.2) is 6.10 Å². The third-order valence-electron chi connectivity index (χ3n) is 12.0. The van der Waals surface area contributed by atoms with Crippen LogP contribution in [0.4, 0.5) is 0 Å². The first-order valence-electron chi connectivity index (χ1n) is 28.7. The van der Waals surface area contributed by atoms with Gasteiger partial charge in [-0.05, 0) is 116 Å². The molecular weight excluding hydrogens is 853 g/mol. The molecule has 394 valence electrons. The highest BCUT2D eigenvalue weighted by Crippen LogP contribution is 2.14. The van der Waals surface area contributed by atoms with E-state index in [4.69, 9.17) is 14.2 Å². The highest BCUT2D eigenvalue weighted by atomic mass is 16.6. The zero-order valence-electron chi connectivity index (χ0n) is 45.0. The van der Waals surface area contributed by atoms with Gasteiger partial charge < -0.3 is 14.2 Å². The molecule has 0 aliphatic carbocycles. The number of unbranched alkanes of at least 4 members (excludes halogenated alkanes) is 24. The quantitative estimate of drug-likeness (QED) is 0.0262. The molecule has 0 fully saturated rings. The van der Waals surface area contributed by atoms with E-state index in [-0.39, 0.29) is 31.1 Å². The minimum Gasteiger partial charge on any atom is -0.462 e. The standard InChI is InChI=1S/C63H106O6/c1-4-7-10-13-16-19-22-25-27-28-29-30-31-32-33-34-35-36-37-39-41-44-47-50-53-56-62(65)68-59-60(58-67-61(64)55-52-49-46-43-40-24-21-18-15-12-9-6-3)69-63(66)57-54-51-48-45-42-38-26-23-20-17-14-11-8-5-2/h7,10,14,16-19,21,23,25-27,29-30,32-33,60H,4-6,8-9,11-13,15,20,22,24,28,31,34-59H2,1-3H3/b10-7-,17-14-,19-16-,21-18-,26-23-,27-25-,30-29-,33-32-. The van der Waals surface area contributed by atoms with E-state index in [9.17, 15) is 14.4 Å². The summed E-state index contributed by atoms with van der Waals surface area (Å²) in [5.41, 5.74) is 0. The van der Waals surface area contributed by atoms with Gasteiger partial charge in [-0.1, -0.05) is 227 Å². The van der Waals surface area contributed by atoms with Crippen LogP contribution in [0.25, 0.3) is 0 Å². The molecule has 0 aromatic carbocycles. The van der Waals surface area contributed by atoms with Crippen molar-refractivity contribution in [2.45, 2.75) is 271 Å². The Balaban J connectivity index is 4.32. The molecule has 0 aromatic rings. The summed E-state index contributed by atoms with van der Waals surface area (Å²) in [5, 5.41) is 0. The predicted molar refractivity (Wildman–Crippen MR) is 297 cm³/mol. The van der Waals surface area contributed by atoms with Gasteiger partial charge in [-0.2, -0.15) is 0 Å². The molecular formula is C63H106O6. The zero-order valence-corrected chi connectivity index (χ0v) is 45.0. The molecule has 0 heterocycles. The van der Waals surface area contributed by atoms with Crippen molar-refractivity contribution in [1.82, 2.24) is 0 Å². The molecule has 1 unspecified atom stereocenters. The van der Waals surface area contributed by atoms with Gasteiger partial charge in [0.2, 0.25) is 0 Å². The molecule has 0 radical (unpaired) electrons. The lowest BCUT2D eigenvalue weighted by atomic mass is 10.1. The van der Waals surface area contributed by atoms with E-state index < -0.39 is 6.10 Å². The topological polar surface area (TPSA) is 78.9 Å². The normalized spacial score (nSPS) is 12.8. The Hall–Kier alpha value is -3.67. The fourth-order valence-electron chi connectivity index (χ4n) is 7.71. The van der Waals surface area contributed by atoms with Crippen molar-refractivity contribution in [1.29, 1.82) is 0 Å². The van der Waals surface area contributed by atoms with E-state index in [1.165, 1.54) is 96.3 Å². The van der Waals surface area contributed by atoms with Gasteiger partial charge >= 0.3 is 17.9 Å². The van der Waals surface area contributed by atoms with Crippen molar-refractivity contribution in [2.75, 3.05) is 13.2 Å². The van der Waals surface area contributed by atoms with Crippen molar-refractivity contribution >= 4 is 17.9 Å². The first-order chi connectivity index (χ1) is 34.0. The third-order valence-corrected chi connectivity index (χ3v) is 12.0. The number of hydrogen-bond acceptors (Lipinski definition) is 6. The number of rotatable bonds is 51. The Bertz CT molecular complexity index is 1380. The molecule has 0 rings (SSSR count). The van der Waals surface area contributed by atoms with Gasteiger partial charge in [-0.15, -0.1) is 0 Å². The van der Waals surface area contributed by atoms with E-state index in [1.807, 2.05) is 0 Å². The van der Waals surface area contributed by atoms with E-state index in [2.05, 4.69) is 118 Å². The molecule has 1 atom stereocenters. The Morgan fingerprint density at radius 1 is 0.304 bits per heavy atom. The lowest BCUT2D eigenvalue weighted by Crippen LogP contribution is -2.30. The average Bonchev–Trinajstić information content (AvgIpc) is 3.35. The van der Waals surface area contributed by atoms with Crippen LogP contribution in [0.3, 0.4) is 0 Å². The summed E-state index contributed by atoms with van der Waals surface area (Å²) in [6.07, 6.45) is 75.4. The number of esters is 3. The Morgan fingerprint density at radius 2 is 0.580 bits per heavy atom. The Labute approximate surface area is 426 Å². The van der Waals surface area contributed by atoms with Crippen molar-refractivity contribution in [3.05, 3.63) is 97.2 Å². The van der Waals surface area contributed by atoms with Crippen molar-refractivity contribution < 1.29 is 28.6 Å². The minimum absolute atomic E-state index is 0.0893. The Kier molecular flexibility index (Phi) is 53.9. The smallest absolute Gasteiger partial charge is 0.306 e. The van der Waals surface area contributed by atoms with Crippen molar-refractivity contribution in [2.24, 2.45) is 0 Å². The molecule has 0 N–H and O–H groups in total. The second-order valence-electron chi connectivity index (χ2n) is 18.8. The van der Waals surface area contributed by atoms with Crippen LogP contribution in [-0.2, 0) is 28.6 Å². The van der Waals surface area contributed by atoms with Crippen LogP contribution in [0.2, 0.25) is 0 Å². The summed E-state index contributed by atoms with van der Waals surface area (Å²) in [5.74, 6) is -0.916. The second-order valence-corrected chi connectivity index (χ2v) is 18.8. The van der Waals surface area contributed by atoms with Crippen molar-refractivity contribution in [3.63, 3.8) is 0 Å². The zero-order chi connectivity index (χ0) is 50.0. The molecule has 0 aliphatic heterocycles. The van der Waals surface area contributed by atoms with Gasteiger partial charge in [0.25, 0.3) is 0 Å². The first-order valence-corrected chi connectivity index (χ1v) is 28.7. The molecule has 0 aromatic heterocycles. The monoisotopic (exact) mass is 959 g/mol. The fourth-order valence-corrected chi connectivity index (χ4v) is 7.71. The summed E-state index contributed by atoms with van der Waals surface area (Å²) in [7, 11) is 0. The number of carbonyl (C=O) groups excluding carboxylic acids is 3. The molecule has 0 saturated heterocycles. The van der Waals surface area contributed by atoms with Crippen LogP contribution in [0.15, 0.2) is 97.2 Å². The molecule has 0 amide bonds. The summed E-state index contributed by atoms with van der Waals surface area (Å²) >= 11 is 0. The van der Waals surface area contributed by atoms with E-state index >= 15 is 0 Å². The molecule has 69 heavy (non-hydrogen) atoms. The molecule has 0 bridgehead atoms. The molecule has 0 aliphatic rings. The number of carbonyl (C=O) groups is 3. The predicted octanol–water partition coefficient (Wildman–Crippen LogP) is 19.3. The van der Waals surface area contributed by atoms with Crippen molar-refractivity contribution in [3.8, 4) is 0 Å². The van der Waals surface area contributed by atoms with Gasteiger partial charge in [-0.25, -0.2) is 0 Å². The van der Waals surface area contributed by atoms with Crippen LogP contribution in [0, 0.1) is 0 Å². The lowest BCUT2D eigenvalue weighted by Gasteiger charge is -2.18. The van der Waals surface area contributed by atoms with Gasteiger partial charge in [0.1, 0.15) is 13.2 Å². The molecule has 0 saturated carbocycles. The van der Waals surface area contributed by atoms with E-state index in [1.54, 1.807) is 0 Å². The SMILES string of the molecule is CC/C=C\C/C=C\C/C=C\C/C=C\C/C=C\CCCCCCCCCCCC(=O)OCC(COC(=O)CCCCCCC/C=C\CCCCC)OC(=O)CCCCCCC/C=C\C/C=C\CCCC. The summed E-state index contributed by atoms with van der Waals surface area (Å²) in [6.45, 7) is 6.44. The van der Waals surface area contributed by atoms with Crippen LogP contribution in [0.1, 0.15) is 265 Å². The van der Waals surface area contributed by atoms with Crippen LogP contribution in [0.5, 0.6) is 0 Å². The summed E-state index contributed by atoms with van der Waals surface area (Å²) in [6, 6.07) is 0. The van der Waals surface area contributed by atoms with Crippen LogP contribution < -0.4 is 0 Å². The maximum Gasteiger partial charge on any atom is 0.306 e. The largest absolute Gasteiger partial charge is 0.462 e. The lowest BCUT2D eigenvalue weighted by molar-refractivity contribution is -0.167. The Morgan fingerprint density at radius 3 is 0.942 bits per heavy atom. The van der Waals surface area contributed by atoms with E-state index in [0.717, 1.165) is 128 Å². The number of allylic oxidation sites excluding steroid dienone is 16. The highest BCUT2D eigenvalue weighted by Gasteiger charge is 2.19. The third kappa shape index (κ3) is 55.1. The molecule has 0 spiro atoms. The summed E-state index contributed by atoms with van der Waals surface area (Å²) in [4.78, 5) is 38.1. The van der Waals surface area contributed by atoms with Crippen LogP contribution >= 0.6 is 0 Å². The van der Waals surface area contributed by atoms with Gasteiger partial charge in [0, 0.05) is 19.3 Å². The average molecular weight is 960 g/mol. The van der Waals surface area contributed by atoms with E-state index in [0.29, 0.717) is 19.3 Å². The number of ether oxygens (including phenoxy) is 3. The fraction of sp³-hybridized carbons (Fsp3) is 0.698. The maximum absolute atomic E-state index is 12.8. The van der Waals surface area contributed by atoms with Crippen LogP contribution in [-0.4, -0.2) is 37.2 Å². The van der Waals surface area contributed by atoms with Gasteiger partial charge in [0.05, 0.1) is 0 Å². The molecule has 6 nitrogen and oxygen atoms in total. The first kappa shape index (κ1) is 65.3. The maximum atomic E-state index is 12.8. The minimum atomic E-state index is -0.791. The summed E-state index contributed by atoms with van der Waals surface area (Å²) < 4.78 is 16.8. The highest BCUT2D eigenvalue weighted by molar-refractivity contribution is 5.71. The molecule has 6 heteroatoms. The number of hydrogen-bond donors (Lipinski definition) is 0. The van der Waals surface area contributed by atoms with Gasteiger partial charge in [-0.3, -0.25) is 14.4 Å². The second kappa shape index (κ2) is 56.9.